The number of carbonyl (C=O) groups excluding carboxylic acids is 2. The van der Waals surface area contributed by atoms with Crippen molar-refractivity contribution in [3.8, 4) is 0 Å². The highest BCUT2D eigenvalue weighted by Gasteiger charge is 2.31. The molecule has 3 heterocycles. The average Bonchev–Trinajstić information content (AvgIpc) is 3.53. The fourth-order valence-electron chi connectivity index (χ4n) is 5.06. The quantitative estimate of drug-likeness (QED) is 0.593. The van der Waals surface area contributed by atoms with Gasteiger partial charge in [-0.15, -0.1) is 11.3 Å². The van der Waals surface area contributed by atoms with E-state index in [0.29, 0.717) is 6.54 Å². The third kappa shape index (κ3) is 4.30. The molecule has 2 aromatic carbocycles. The molecule has 6 heteroatoms. The van der Waals surface area contributed by atoms with Crippen LogP contribution in [0.1, 0.15) is 52.9 Å². The molecule has 0 aliphatic carbocycles. The van der Waals surface area contributed by atoms with Crippen molar-refractivity contribution in [2.24, 2.45) is 0 Å². The van der Waals surface area contributed by atoms with E-state index in [1.807, 2.05) is 29.2 Å². The Bertz CT molecular complexity index is 1150. The van der Waals surface area contributed by atoms with Gasteiger partial charge in [0.15, 0.2) is 0 Å². The lowest BCUT2D eigenvalue weighted by Gasteiger charge is -2.16. The fraction of sp³-hybridized carbons (Fsp3) is 0.385. The summed E-state index contributed by atoms with van der Waals surface area (Å²) >= 11 is 1.55. The Balaban J connectivity index is 1.41. The number of nitrogens with one attached hydrogen (secondary N) is 1. The summed E-state index contributed by atoms with van der Waals surface area (Å²) in [4.78, 5) is 30.5. The molecule has 2 amide bonds. The third-order valence-corrected chi connectivity index (χ3v) is 7.86. The highest BCUT2D eigenvalue weighted by atomic mass is 32.1. The van der Waals surface area contributed by atoms with Gasteiger partial charge >= 0.3 is 0 Å². The molecule has 32 heavy (non-hydrogen) atoms. The molecular formula is C26H29N3O2S. The third-order valence-electron chi connectivity index (χ3n) is 6.67. The average molecular weight is 448 g/mol. The van der Waals surface area contributed by atoms with Crippen molar-refractivity contribution in [1.29, 1.82) is 0 Å². The van der Waals surface area contributed by atoms with E-state index < -0.39 is 0 Å². The van der Waals surface area contributed by atoms with Gasteiger partial charge in [-0.2, -0.15) is 0 Å². The Morgan fingerprint density at radius 3 is 2.66 bits per heavy atom. The van der Waals surface area contributed by atoms with E-state index in [2.05, 4.69) is 34.5 Å². The van der Waals surface area contributed by atoms with E-state index >= 15 is 0 Å². The molecule has 0 saturated carbocycles. The van der Waals surface area contributed by atoms with Crippen molar-refractivity contribution in [1.82, 2.24) is 9.80 Å². The zero-order valence-corrected chi connectivity index (χ0v) is 19.3. The number of nitrogens with zero attached hydrogens (tertiary/aromatic N) is 2. The van der Waals surface area contributed by atoms with Gasteiger partial charge < -0.3 is 10.2 Å². The normalized spacial score (nSPS) is 19.0. The van der Waals surface area contributed by atoms with Crippen molar-refractivity contribution in [3.05, 3.63) is 64.5 Å². The molecule has 0 spiro atoms. The number of amides is 2. The van der Waals surface area contributed by atoms with Crippen LogP contribution in [-0.4, -0.2) is 47.8 Å². The molecule has 0 radical (unpaired) electrons. The van der Waals surface area contributed by atoms with Crippen molar-refractivity contribution >= 4 is 38.9 Å². The van der Waals surface area contributed by atoms with Gasteiger partial charge in [-0.05, 0) is 67.1 Å². The molecule has 5 rings (SSSR count). The summed E-state index contributed by atoms with van der Waals surface area (Å²) in [6, 6.07) is 16.4. The van der Waals surface area contributed by atoms with Crippen LogP contribution in [0.3, 0.4) is 0 Å². The second-order valence-corrected chi connectivity index (χ2v) is 9.98. The molecule has 2 saturated heterocycles. The number of carbonyl (C=O) groups is 2. The van der Waals surface area contributed by atoms with E-state index in [-0.39, 0.29) is 17.7 Å². The van der Waals surface area contributed by atoms with Crippen LogP contribution >= 0.6 is 11.3 Å². The first-order valence-electron chi connectivity index (χ1n) is 11.5. The molecule has 2 fully saturated rings. The minimum atomic E-state index is -0.0548. The number of anilines is 1. The van der Waals surface area contributed by atoms with Gasteiger partial charge in [0, 0.05) is 42.9 Å². The first-order valence-corrected chi connectivity index (χ1v) is 12.3. The van der Waals surface area contributed by atoms with Gasteiger partial charge in [-0.25, -0.2) is 0 Å². The maximum Gasteiger partial charge on any atom is 0.266 e. The summed E-state index contributed by atoms with van der Waals surface area (Å²) < 4.78 is 1.12. The van der Waals surface area contributed by atoms with E-state index in [9.17, 15) is 9.59 Å². The number of rotatable bonds is 5. The SMILES string of the molecule is CC(=O)N1CC[C@@H](c2c(C(=O)Nc3cccc(CN4CCCC4)c3)sc3ccccc23)C1. The lowest BCUT2D eigenvalue weighted by atomic mass is 9.95. The fourth-order valence-corrected chi connectivity index (χ4v) is 6.24. The molecule has 2 aliphatic heterocycles. The minimum Gasteiger partial charge on any atom is -0.342 e. The number of likely N-dealkylation sites (tertiary alicyclic amines) is 2. The van der Waals surface area contributed by atoms with Crippen LogP contribution in [0.15, 0.2) is 48.5 Å². The maximum absolute atomic E-state index is 13.4. The first-order chi connectivity index (χ1) is 15.6. The van der Waals surface area contributed by atoms with Crippen LogP contribution in [0.4, 0.5) is 5.69 Å². The predicted molar refractivity (Wildman–Crippen MR) is 130 cm³/mol. The highest BCUT2D eigenvalue weighted by molar-refractivity contribution is 7.21. The molecule has 0 bridgehead atoms. The van der Waals surface area contributed by atoms with Crippen LogP contribution in [0.5, 0.6) is 0 Å². The topological polar surface area (TPSA) is 52.7 Å². The summed E-state index contributed by atoms with van der Waals surface area (Å²) in [5, 5.41) is 4.29. The van der Waals surface area contributed by atoms with Crippen molar-refractivity contribution in [2.75, 3.05) is 31.5 Å². The Labute approximate surface area is 193 Å². The van der Waals surface area contributed by atoms with E-state index in [1.54, 1.807) is 18.3 Å². The Hall–Kier alpha value is -2.70. The van der Waals surface area contributed by atoms with Crippen LogP contribution in [-0.2, 0) is 11.3 Å². The zero-order chi connectivity index (χ0) is 22.1. The number of thiophene rings is 1. The van der Waals surface area contributed by atoms with Crippen LogP contribution in [0.25, 0.3) is 10.1 Å². The summed E-state index contributed by atoms with van der Waals surface area (Å²) in [5.41, 5.74) is 3.17. The summed E-state index contributed by atoms with van der Waals surface area (Å²) in [6.07, 6.45) is 3.44. The highest BCUT2D eigenvalue weighted by Crippen LogP contribution is 2.40. The molecule has 3 aromatic rings. The molecule has 1 aromatic heterocycles. The lowest BCUT2D eigenvalue weighted by Crippen LogP contribution is -2.25. The number of hydrogen-bond acceptors (Lipinski definition) is 4. The Morgan fingerprint density at radius 2 is 1.88 bits per heavy atom. The standard InChI is InChI=1S/C26H29N3O2S/c1-18(30)29-14-11-20(17-29)24-22-9-2-3-10-23(22)32-25(24)26(31)27-21-8-6-7-19(15-21)16-28-12-4-5-13-28/h2-3,6-10,15,20H,4-5,11-14,16-17H2,1H3,(H,27,31)/t20-/m1/s1. The predicted octanol–water partition coefficient (Wildman–Crippen LogP) is 5.09. The van der Waals surface area contributed by atoms with E-state index in [0.717, 1.165) is 58.8 Å². The molecular weight excluding hydrogens is 418 g/mol. The second-order valence-electron chi connectivity index (χ2n) is 8.93. The van der Waals surface area contributed by atoms with Gasteiger partial charge in [0.25, 0.3) is 5.91 Å². The molecule has 1 N–H and O–H groups in total. The number of hydrogen-bond donors (Lipinski definition) is 1. The lowest BCUT2D eigenvalue weighted by molar-refractivity contribution is -0.127. The van der Waals surface area contributed by atoms with Crippen molar-refractivity contribution in [3.63, 3.8) is 0 Å². The van der Waals surface area contributed by atoms with Crippen LogP contribution in [0.2, 0.25) is 0 Å². The molecule has 2 aliphatic rings. The summed E-state index contributed by atoms with van der Waals surface area (Å²) in [7, 11) is 0. The van der Waals surface area contributed by atoms with Crippen LogP contribution < -0.4 is 5.32 Å². The second kappa shape index (κ2) is 9.04. The van der Waals surface area contributed by atoms with Gasteiger partial charge in [0.1, 0.15) is 0 Å². The van der Waals surface area contributed by atoms with Crippen molar-refractivity contribution < 1.29 is 9.59 Å². The Kier molecular flexibility index (Phi) is 5.98. The molecule has 5 nitrogen and oxygen atoms in total. The van der Waals surface area contributed by atoms with Gasteiger partial charge in [-0.3, -0.25) is 14.5 Å². The van der Waals surface area contributed by atoms with Crippen molar-refractivity contribution in [2.45, 2.75) is 38.6 Å². The zero-order valence-electron chi connectivity index (χ0n) is 18.5. The van der Waals surface area contributed by atoms with Gasteiger partial charge in [0.2, 0.25) is 5.91 Å². The van der Waals surface area contributed by atoms with Gasteiger partial charge in [-0.1, -0.05) is 30.3 Å². The maximum atomic E-state index is 13.4. The summed E-state index contributed by atoms with van der Waals surface area (Å²) in [5.74, 6) is 0.242. The molecule has 166 valence electrons. The minimum absolute atomic E-state index is 0.0548. The number of fused-ring (bicyclic) bond motifs is 1. The van der Waals surface area contributed by atoms with Crippen LogP contribution in [0, 0.1) is 0 Å². The summed E-state index contributed by atoms with van der Waals surface area (Å²) in [6.45, 7) is 6.30. The number of benzene rings is 2. The Morgan fingerprint density at radius 1 is 1.06 bits per heavy atom. The van der Waals surface area contributed by atoms with E-state index in [1.165, 1.54) is 18.4 Å². The van der Waals surface area contributed by atoms with Gasteiger partial charge in [0.05, 0.1) is 4.88 Å². The molecule has 0 unspecified atom stereocenters. The first kappa shape index (κ1) is 21.2. The monoisotopic (exact) mass is 447 g/mol. The largest absolute Gasteiger partial charge is 0.342 e. The van der Waals surface area contributed by atoms with E-state index in [4.69, 9.17) is 0 Å². The molecule has 1 atom stereocenters. The smallest absolute Gasteiger partial charge is 0.266 e.